The van der Waals surface area contributed by atoms with Gasteiger partial charge in [-0.2, -0.15) is 0 Å². The topological polar surface area (TPSA) is 3.24 Å². The van der Waals surface area contributed by atoms with Crippen molar-refractivity contribution in [3.63, 3.8) is 0 Å². The van der Waals surface area contributed by atoms with Crippen LogP contribution in [0.2, 0.25) is 0 Å². The molecule has 7 atom stereocenters. The van der Waals surface area contributed by atoms with Crippen LogP contribution >= 0.6 is 0 Å². The van der Waals surface area contributed by atoms with E-state index >= 15 is 0 Å². The van der Waals surface area contributed by atoms with Crippen LogP contribution in [0.15, 0.2) is 11.6 Å². The van der Waals surface area contributed by atoms with Gasteiger partial charge in [0.2, 0.25) is 0 Å². The summed E-state index contributed by atoms with van der Waals surface area (Å²) in [6.07, 6.45) is 18.9. The van der Waals surface area contributed by atoms with E-state index < -0.39 is 0 Å². The van der Waals surface area contributed by atoms with Crippen molar-refractivity contribution in [2.24, 2.45) is 34.5 Å². The SMILES string of the molecule is C/C=C1/CC[C@H]2[C@@H]3CCC4C[C@H](N5CCCC5)CC[C@]4(C)[C@H]3CC[C@]12C. The number of hydrogen-bond acceptors (Lipinski definition) is 1. The summed E-state index contributed by atoms with van der Waals surface area (Å²) in [7, 11) is 0. The zero-order chi connectivity index (χ0) is 17.9. The lowest BCUT2D eigenvalue weighted by atomic mass is 9.45. The number of nitrogens with zero attached hydrogens (tertiary/aromatic N) is 1. The number of fused-ring (bicyclic) bond motifs is 5. The lowest BCUT2D eigenvalue weighted by molar-refractivity contribution is -0.109. The van der Waals surface area contributed by atoms with Crippen LogP contribution in [0.3, 0.4) is 0 Å². The van der Waals surface area contributed by atoms with E-state index in [1.165, 1.54) is 70.9 Å². The second kappa shape index (κ2) is 6.36. The molecular formula is C25H41N. The van der Waals surface area contributed by atoms with E-state index in [4.69, 9.17) is 0 Å². The van der Waals surface area contributed by atoms with Crippen molar-refractivity contribution >= 4 is 0 Å². The third kappa shape index (κ3) is 2.44. The lowest BCUT2D eigenvalue weighted by Gasteiger charge is -2.61. The highest BCUT2D eigenvalue weighted by molar-refractivity contribution is 5.23. The fourth-order valence-electron chi connectivity index (χ4n) is 9.00. The average Bonchev–Trinajstić information content (AvgIpc) is 3.28. The molecule has 1 nitrogen and oxygen atoms in total. The molecule has 26 heavy (non-hydrogen) atoms. The molecule has 0 bridgehead atoms. The van der Waals surface area contributed by atoms with Crippen LogP contribution < -0.4 is 0 Å². The maximum Gasteiger partial charge on any atom is 0.00983 e. The quantitative estimate of drug-likeness (QED) is 0.489. The molecule has 5 aliphatic rings. The second-order valence-electron chi connectivity index (χ2n) is 11.1. The van der Waals surface area contributed by atoms with E-state index in [0.29, 0.717) is 10.8 Å². The molecule has 4 saturated carbocycles. The van der Waals surface area contributed by atoms with Crippen molar-refractivity contribution in [1.82, 2.24) is 4.90 Å². The molecule has 0 aromatic carbocycles. The minimum atomic E-state index is 0.561. The standard InChI is InChI=1S/C25H41N/c1-4-18-8-10-22-21-9-7-19-17-20(26-15-5-6-16-26)11-13-25(19,3)23(21)12-14-24(18,22)2/h4,19-23H,5-17H2,1-3H3/b18-4-/t19?,20-,21+,22+,23+,24-,25+/m1/s1. The smallest absolute Gasteiger partial charge is 0.00983 e. The first-order valence-corrected chi connectivity index (χ1v) is 12.0. The average molecular weight is 356 g/mol. The maximum absolute atomic E-state index is 2.86. The number of rotatable bonds is 1. The van der Waals surface area contributed by atoms with Crippen molar-refractivity contribution in [3.05, 3.63) is 11.6 Å². The Balaban J connectivity index is 1.36. The molecule has 146 valence electrons. The van der Waals surface area contributed by atoms with Crippen LogP contribution in [0.25, 0.3) is 0 Å². The Morgan fingerprint density at radius 2 is 1.73 bits per heavy atom. The predicted molar refractivity (Wildman–Crippen MR) is 110 cm³/mol. The third-order valence-corrected chi connectivity index (χ3v) is 10.5. The molecule has 1 heterocycles. The van der Waals surface area contributed by atoms with E-state index in [0.717, 1.165) is 29.7 Å². The zero-order valence-corrected chi connectivity index (χ0v) is 17.6. The molecule has 0 aromatic heterocycles. The fourth-order valence-corrected chi connectivity index (χ4v) is 9.00. The first-order chi connectivity index (χ1) is 12.6. The molecule has 0 aromatic rings. The number of allylic oxidation sites excluding steroid dienone is 2. The number of hydrogen-bond donors (Lipinski definition) is 0. The minimum absolute atomic E-state index is 0.561. The molecule has 0 radical (unpaired) electrons. The Bertz CT molecular complexity index is 573. The highest BCUT2D eigenvalue weighted by Gasteiger charge is 2.59. The molecule has 5 rings (SSSR count). The molecule has 1 aliphatic heterocycles. The summed E-state index contributed by atoms with van der Waals surface area (Å²) >= 11 is 0. The Kier molecular flexibility index (Phi) is 4.35. The molecule has 5 fully saturated rings. The van der Waals surface area contributed by atoms with Gasteiger partial charge in [-0.05, 0) is 125 Å². The van der Waals surface area contributed by atoms with Crippen LogP contribution in [0.5, 0.6) is 0 Å². The van der Waals surface area contributed by atoms with Gasteiger partial charge >= 0.3 is 0 Å². The fraction of sp³-hybridized carbons (Fsp3) is 0.920. The van der Waals surface area contributed by atoms with Gasteiger partial charge in [-0.25, -0.2) is 0 Å². The van der Waals surface area contributed by atoms with Gasteiger partial charge < -0.3 is 4.90 Å². The van der Waals surface area contributed by atoms with Gasteiger partial charge in [-0.1, -0.05) is 25.5 Å². The first-order valence-electron chi connectivity index (χ1n) is 12.0. The van der Waals surface area contributed by atoms with E-state index in [1.54, 1.807) is 12.8 Å². The zero-order valence-electron chi connectivity index (χ0n) is 17.6. The van der Waals surface area contributed by atoms with E-state index in [-0.39, 0.29) is 0 Å². The molecule has 4 aliphatic carbocycles. The molecular weight excluding hydrogens is 314 g/mol. The van der Waals surface area contributed by atoms with E-state index in [2.05, 4.69) is 31.7 Å². The van der Waals surface area contributed by atoms with Gasteiger partial charge in [-0.15, -0.1) is 0 Å². The van der Waals surface area contributed by atoms with Gasteiger partial charge in [0.25, 0.3) is 0 Å². The molecule has 1 saturated heterocycles. The van der Waals surface area contributed by atoms with Crippen molar-refractivity contribution in [2.75, 3.05) is 13.1 Å². The Labute approximate surface area is 162 Å². The summed E-state index contributed by atoms with van der Waals surface area (Å²) in [5, 5.41) is 0. The van der Waals surface area contributed by atoms with Crippen molar-refractivity contribution in [1.29, 1.82) is 0 Å². The third-order valence-electron chi connectivity index (χ3n) is 10.5. The summed E-state index contributed by atoms with van der Waals surface area (Å²) in [5.41, 5.74) is 3.04. The van der Waals surface area contributed by atoms with E-state index in [9.17, 15) is 0 Å². The van der Waals surface area contributed by atoms with Gasteiger partial charge in [-0.3, -0.25) is 0 Å². The summed E-state index contributed by atoms with van der Waals surface area (Å²) in [4.78, 5) is 2.86. The highest BCUT2D eigenvalue weighted by atomic mass is 15.2. The summed E-state index contributed by atoms with van der Waals surface area (Å²) in [5.74, 6) is 4.10. The molecule has 0 spiro atoms. The molecule has 1 unspecified atom stereocenters. The Hall–Kier alpha value is -0.300. The van der Waals surface area contributed by atoms with Crippen LogP contribution in [-0.4, -0.2) is 24.0 Å². The Morgan fingerprint density at radius 3 is 2.50 bits per heavy atom. The molecule has 1 heteroatoms. The second-order valence-corrected chi connectivity index (χ2v) is 11.1. The monoisotopic (exact) mass is 355 g/mol. The summed E-state index contributed by atoms with van der Waals surface area (Å²) in [6, 6.07) is 0.932. The highest BCUT2D eigenvalue weighted by Crippen LogP contribution is 2.67. The summed E-state index contributed by atoms with van der Waals surface area (Å²) in [6.45, 7) is 10.5. The minimum Gasteiger partial charge on any atom is -0.300 e. The molecule has 0 N–H and O–H groups in total. The normalized spacial score (nSPS) is 53.3. The van der Waals surface area contributed by atoms with Gasteiger partial charge in [0.15, 0.2) is 0 Å². The first kappa shape index (κ1) is 17.8. The Morgan fingerprint density at radius 1 is 0.923 bits per heavy atom. The van der Waals surface area contributed by atoms with Gasteiger partial charge in [0.1, 0.15) is 0 Å². The van der Waals surface area contributed by atoms with Crippen molar-refractivity contribution < 1.29 is 0 Å². The van der Waals surface area contributed by atoms with Crippen molar-refractivity contribution in [2.45, 2.75) is 97.4 Å². The van der Waals surface area contributed by atoms with Crippen LogP contribution in [0.4, 0.5) is 0 Å². The van der Waals surface area contributed by atoms with Crippen LogP contribution in [-0.2, 0) is 0 Å². The lowest BCUT2D eigenvalue weighted by Crippen LogP contribution is -2.54. The predicted octanol–water partition coefficient (Wildman–Crippen LogP) is 6.44. The van der Waals surface area contributed by atoms with Crippen molar-refractivity contribution in [3.8, 4) is 0 Å². The summed E-state index contributed by atoms with van der Waals surface area (Å²) < 4.78 is 0. The van der Waals surface area contributed by atoms with Crippen LogP contribution in [0.1, 0.15) is 91.4 Å². The van der Waals surface area contributed by atoms with E-state index in [1.807, 2.05) is 5.57 Å². The van der Waals surface area contributed by atoms with Gasteiger partial charge in [0, 0.05) is 6.04 Å². The maximum atomic E-state index is 2.86. The van der Waals surface area contributed by atoms with Gasteiger partial charge in [0.05, 0.1) is 0 Å². The number of likely N-dealkylation sites (tertiary alicyclic amines) is 1. The molecule has 0 amide bonds. The largest absolute Gasteiger partial charge is 0.300 e. The van der Waals surface area contributed by atoms with Crippen LogP contribution in [0, 0.1) is 34.5 Å².